The summed E-state index contributed by atoms with van der Waals surface area (Å²) in [6.07, 6.45) is -0.102. The molecule has 0 radical (unpaired) electrons. The first-order valence-corrected chi connectivity index (χ1v) is 11.7. The number of rotatable bonds is 0. The molecular weight excluding hydrogens is 312 g/mol. The highest BCUT2D eigenvalue weighted by Gasteiger charge is 2.88. The largest absolute Gasteiger partial charge is 0.268 e. The van der Waals surface area contributed by atoms with Gasteiger partial charge in [0.25, 0.3) is 0 Å². The number of hydrogen-bond acceptors (Lipinski definition) is 6. The second-order valence-corrected chi connectivity index (χ2v) is 15.2. The molecule has 6 fully saturated rings. The van der Waals surface area contributed by atoms with Crippen LogP contribution in [0.3, 0.4) is 0 Å². The maximum atomic E-state index is 6.30. The molecule has 2 spiro atoms. The fourth-order valence-corrected chi connectivity index (χ4v) is 19.6. The molecule has 0 saturated carbocycles. The van der Waals surface area contributed by atoms with Crippen LogP contribution in [0.4, 0.5) is 0 Å². The molecule has 8 rings (SSSR count). The third kappa shape index (κ3) is 0.710. The molecule has 4 nitrogen and oxygen atoms in total. The van der Waals surface area contributed by atoms with E-state index >= 15 is 0 Å². The van der Waals surface area contributed by atoms with Crippen LogP contribution < -0.4 is 0 Å². The van der Waals surface area contributed by atoms with Crippen molar-refractivity contribution in [3.63, 3.8) is 0 Å². The van der Waals surface area contributed by atoms with Crippen molar-refractivity contribution in [1.82, 2.24) is 0 Å². The average molecular weight is 322 g/mol. The highest BCUT2D eigenvalue weighted by molar-refractivity contribution is 8.74. The summed E-state index contributed by atoms with van der Waals surface area (Å²) in [6, 6.07) is 0. The fourth-order valence-electron chi connectivity index (χ4n) is 3.74. The normalized spacial score (nSPS) is 60.4. The van der Waals surface area contributed by atoms with E-state index in [1.807, 2.05) is 0 Å². The first-order valence-electron chi connectivity index (χ1n) is 5.68. The molecule has 8 aliphatic rings. The predicted molar refractivity (Wildman–Crippen MR) is 77.3 cm³/mol. The first kappa shape index (κ1) is 10.2. The first-order chi connectivity index (χ1) is 8.63. The SMILES string of the molecule is C1=CSC(=C2S34C=CS256(CC(O3)O4)CC(O5)O6)S1. The Morgan fingerprint density at radius 3 is 2.39 bits per heavy atom. The van der Waals surface area contributed by atoms with E-state index in [1.165, 1.54) is 8.47 Å². The molecule has 6 saturated heterocycles. The van der Waals surface area contributed by atoms with Crippen molar-refractivity contribution in [2.45, 2.75) is 12.6 Å². The second kappa shape index (κ2) is 2.29. The van der Waals surface area contributed by atoms with Crippen LogP contribution in [0.5, 0.6) is 0 Å². The summed E-state index contributed by atoms with van der Waals surface area (Å²) < 4.78 is 27.1. The summed E-state index contributed by atoms with van der Waals surface area (Å²) in [5.41, 5.74) is 0. The fraction of sp³-hybridized carbons (Fsp3) is 0.400. The molecule has 8 aliphatic heterocycles. The third-order valence-corrected chi connectivity index (χ3v) is 17.5. The molecule has 4 bridgehead atoms. The molecule has 0 aliphatic carbocycles. The van der Waals surface area contributed by atoms with Gasteiger partial charge in [0.2, 0.25) is 12.6 Å². The smallest absolute Gasteiger partial charge is 0.219 e. The van der Waals surface area contributed by atoms with E-state index in [0.717, 1.165) is 11.5 Å². The van der Waals surface area contributed by atoms with Gasteiger partial charge < -0.3 is 0 Å². The maximum absolute atomic E-state index is 6.30. The van der Waals surface area contributed by atoms with E-state index in [2.05, 4.69) is 21.6 Å². The quantitative estimate of drug-likeness (QED) is 0.677. The van der Waals surface area contributed by atoms with E-state index in [1.54, 1.807) is 23.5 Å². The van der Waals surface area contributed by atoms with E-state index < -0.39 is 19.4 Å². The lowest BCUT2D eigenvalue weighted by Gasteiger charge is -2.99. The highest BCUT2D eigenvalue weighted by atomic mass is 32.4. The lowest BCUT2D eigenvalue weighted by Crippen LogP contribution is -2.76. The molecule has 8 heterocycles. The minimum absolute atomic E-state index is 0.0170. The minimum atomic E-state index is -2.98. The van der Waals surface area contributed by atoms with Gasteiger partial charge in [-0.3, -0.25) is 8.37 Å². The van der Waals surface area contributed by atoms with Crippen LogP contribution in [0, 0.1) is 0 Å². The summed E-state index contributed by atoms with van der Waals surface area (Å²) in [7, 11) is -4.64. The van der Waals surface area contributed by atoms with Gasteiger partial charge in [-0.1, -0.05) is 23.5 Å². The van der Waals surface area contributed by atoms with Gasteiger partial charge in [-0.05, 0) is 10.8 Å². The topological polar surface area (TPSA) is 36.9 Å². The summed E-state index contributed by atoms with van der Waals surface area (Å²) in [4.78, 5) is 0. The predicted octanol–water partition coefficient (Wildman–Crippen LogP) is 3.66. The minimum Gasteiger partial charge on any atom is -0.268 e. The Bertz CT molecular complexity index is 614. The monoisotopic (exact) mass is 322 g/mol. The zero-order chi connectivity index (χ0) is 11.7. The maximum Gasteiger partial charge on any atom is 0.219 e. The van der Waals surface area contributed by atoms with Gasteiger partial charge in [0.15, 0.2) is 0 Å². The Kier molecular flexibility index (Phi) is 1.30. The Morgan fingerprint density at radius 2 is 1.78 bits per heavy atom. The van der Waals surface area contributed by atoms with Crippen LogP contribution in [-0.2, 0) is 16.7 Å². The van der Waals surface area contributed by atoms with Crippen molar-refractivity contribution in [3.8, 4) is 0 Å². The van der Waals surface area contributed by atoms with Gasteiger partial charge in [0.05, 0.1) is 15.7 Å². The van der Waals surface area contributed by atoms with Crippen molar-refractivity contribution in [2.24, 2.45) is 0 Å². The summed E-state index contributed by atoms with van der Waals surface area (Å²) in [6.45, 7) is 0. The van der Waals surface area contributed by atoms with Gasteiger partial charge >= 0.3 is 0 Å². The summed E-state index contributed by atoms with van der Waals surface area (Å²) in [5.74, 6) is 1.79. The molecule has 8 heteroatoms. The molecule has 0 atom stereocenters. The molecule has 0 N–H and O–H groups in total. The zero-order valence-corrected chi connectivity index (χ0v) is 12.4. The Balaban J connectivity index is 1.73. The molecule has 98 valence electrons. The van der Waals surface area contributed by atoms with E-state index in [9.17, 15) is 0 Å². The molecular formula is C10H10O4S4. The molecule has 0 aromatic carbocycles. The third-order valence-electron chi connectivity index (χ3n) is 4.37. The van der Waals surface area contributed by atoms with Crippen molar-refractivity contribution < 1.29 is 16.7 Å². The van der Waals surface area contributed by atoms with Crippen LogP contribution in [0.15, 0.2) is 30.1 Å². The molecule has 0 unspecified atom stereocenters. The van der Waals surface area contributed by atoms with Crippen LogP contribution in [-0.4, -0.2) is 24.1 Å². The Hall–Kier alpha value is 0.460. The van der Waals surface area contributed by atoms with E-state index in [-0.39, 0.29) is 12.6 Å². The number of hydrogen-bond donors (Lipinski definition) is 0. The van der Waals surface area contributed by atoms with Crippen molar-refractivity contribution in [3.05, 3.63) is 30.1 Å². The Labute approximate surface area is 114 Å². The second-order valence-electron chi connectivity index (χ2n) is 5.32. The Morgan fingerprint density at radius 1 is 1.11 bits per heavy atom. The molecule has 0 amide bonds. The van der Waals surface area contributed by atoms with Crippen molar-refractivity contribution in [2.75, 3.05) is 11.5 Å². The standard InChI is InChI=1S/C10H10O4S4/c1-2-16-9(15-1)10-17-3-4-18(10,5-7(11-17)12-17)6-8(13-18)14-18/h1-4,7-8H,5-6H2. The highest BCUT2D eigenvalue weighted by Crippen LogP contribution is 3.19. The van der Waals surface area contributed by atoms with E-state index in [0.29, 0.717) is 0 Å². The van der Waals surface area contributed by atoms with E-state index in [4.69, 9.17) is 16.7 Å². The molecule has 0 aromatic rings. The average Bonchev–Trinajstić information content (AvgIpc) is 2.75. The van der Waals surface area contributed by atoms with Crippen LogP contribution >= 0.6 is 43.0 Å². The van der Waals surface area contributed by atoms with Gasteiger partial charge in [-0.15, -0.1) is 10.6 Å². The lowest BCUT2D eigenvalue weighted by molar-refractivity contribution is -0.137. The van der Waals surface area contributed by atoms with Crippen LogP contribution in [0.25, 0.3) is 0 Å². The van der Waals surface area contributed by atoms with Gasteiger partial charge in [0.1, 0.15) is 4.24 Å². The summed E-state index contributed by atoms with van der Waals surface area (Å²) >= 11 is 3.48. The van der Waals surface area contributed by atoms with Gasteiger partial charge in [0, 0.05) is 10.8 Å². The molecule has 18 heavy (non-hydrogen) atoms. The van der Waals surface area contributed by atoms with Crippen molar-refractivity contribution >= 4 is 43.0 Å². The zero-order valence-electron chi connectivity index (χ0n) is 9.14. The van der Waals surface area contributed by atoms with Gasteiger partial charge in [-0.25, -0.2) is 17.2 Å². The summed E-state index contributed by atoms with van der Waals surface area (Å²) in [5, 5.41) is 8.53. The number of thioether (sulfide) groups is 2. The van der Waals surface area contributed by atoms with Gasteiger partial charge in [-0.2, -0.15) is 0 Å². The van der Waals surface area contributed by atoms with Crippen LogP contribution in [0.1, 0.15) is 0 Å². The lowest BCUT2D eigenvalue weighted by atomic mass is 10.7. The van der Waals surface area contributed by atoms with Crippen molar-refractivity contribution in [1.29, 1.82) is 0 Å². The van der Waals surface area contributed by atoms with Crippen LogP contribution in [0.2, 0.25) is 0 Å². The molecule has 0 aromatic heterocycles.